The second kappa shape index (κ2) is 9.42. The molecular weight excluding hydrogens is 439 g/mol. The summed E-state index contributed by atoms with van der Waals surface area (Å²) in [6.07, 6.45) is 2.41. The SMILES string of the molecule is CCNC1CCN(c2cnc(-c3ccc(C(F)(F)F)cc3)c(-c3ccncc3Cl)n2)CC1. The molecular formula is C23H23ClF3N5. The van der Waals surface area contributed by atoms with Gasteiger partial charge in [0.2, 0.25) is 0 Å². The summed E-state index contributed by atoms with van der Waals surface area (Å²) in [7, 11) is 0. The van der Waals surface area contributed by atoms with E-state index in [0.717, 1.165) is 50.4 Å². The Labute approximate surface area is 189 Å². The third-order valence-electron chi connectivity index (χ3n) is 5.58. The first kappa shape index (κ1) is 22.5. The number of pyridine rings is 1. The molecule has 5 nitrogen and oxygen atoms in total. The molecule has 0 radical (unpaired) electrons. The Kier molecular flexibility index (Phi) is 6.62. The number of rotatable bonds is 5. The van der Waals surface area contributed by atoms with Crippen LogP contribution in [0.15, 0.2) is 48.9 Å². The summed E-state index contributed by atoms with van der Waals surface area (Å²) < 4.78 is 39.0. The minimum Gasteiger partial charge on any atom is -0.355 e. The van der Waals surface area contributed by atoms with E-state index < -0.39 is 11.7 Å². The molecule has 4 rings (SSSR count). The van der Waals surface area contributed by atoms with Crippen molar-refractivity contribution < 1.29 is 13.2 Å². The Morgan fingerprint density at radius 3 is 2.41 bits per heavy atom. The highest BCUT2D eigenvalue weighted by molar-refractivity contribution is 6.33. The third-order valence-corrected chi connectivity index (χ3v) is 5.89. The molecule has 1 aromatic carbocycles. The van der Waals surface area contributed by atoms with Crippen LogP contribution >= 0.6 is 11.6 Å². The molecule has 2 aromatic heterocycles. The van der Waals surface area contributed by atoms with E-state index in [1.165, 1.54) is 18.3 Å². The van der Waals surface area contributed by atoms with Gasteiger partial charge in [-0.25, -0.2) is 4.98 Å². The van der Waals surface area contributed by atoms with Crippen LogP contribution in [0.25, 0.3) is 22.5 Å². The highest BCUT2D eigenvalue weighted by Gasteiger charge is 2.30. The second-order valence-corrected chi connectivity index (χ2v) is 8.08. The number of hydrogen-bond donors (Lipinski definition) is 1. The van der Waals surface area contributed by atoms with Gasteiger partial charge in [-0.1, -0.05) is 30.7 Å². The van der Waals surface area contributed by atoms with Gasteiger partial charge in [-0.05, 0) is 37.6 Å². The van der Waals surface area contributed by atoms with Gasteiger partial charge < -0.3 is 10.2 Å². The molecule has 1 aliphatic rings. The molecule has 0 bridgehead atoms. The van der Waals surface area contributed by atoms with Crippen molar-refractivity contribution in [2.45, 2.75) is 32.0 Å². The van der Waals surface area contributed by atoms with Crippen LogP contribution in [-0.4, -0.2) is 40.6 Å². The van der Waals surface area contributed by atoms with Crippen LogP contribution in [0.2, 0.25) is 5.02 Å². The van der Waals surface area contributed by atoms with Gasteiger partial charge in [-0.15, -0.1) is 0 Å². The zero-order valence-electron chi connectivity index (χ0n) is 17.5. The Hall–Kier alpha value is -2.71. The van der Waals surface area contributed by atoms with Crippen LogP contribution in [0.4, 0.5) is 19.0 Å². The smallest absolute Gasteiger partial charge is 0.355 e. The van der Waals surface area contributed by atoms with Crippen molar-refractivity contribution in [2.75, 3.05) is 24.5 Å². The Bertz CT molecular complexity index is 1060. The largest absolute Gasteiger partial charge is 0.416 e. The van der Waals surface area contributed by atoms with Gasteiger partial charge in [0.1, 0.15) is 11.5 Å². The first-order chi connectivity index (χ1) is 15.4. The Balaban J connectivity index is 1.72. The molecule has 168 valence electrons. The van der Waals surface area contributed by atoms with Gasteiger partial charge >= 0.3 is 6.18 Å². The molecule has 0 saturated carbocycles. The number of nitrogens with zero attached hydrogens (tertiary/aromatic N) is 4. The van der Waals surface area contributed by atoms with Gasteiger partial charge in [0.15, 0.2) is 0 Å². The summed E-state index contributed by atoms with van der Waals surface area (Å²) >= 11 is 6.39. The van der Waals surface area contributed by atoms with Crippen LogP contribution in [-0.2, 0) is 6.18 Å². The molecule has 0 atom stereocenters. The van der Waals surface area contributed by atoms with Crippen LogP contribution in [0, 0.1) is 0 Å². The maximum Gasteiger partial charge on any atom is 0.416 e. The fourth-order valence-electron chi connectivity index (χ4n) is 3.92. The van der Waals surface area contributed by atoms with E-state index in [0.29, 0.717) is 33.6 Å². The van der Waals surface area contributed by atoms with Crippen molar-refractivity contribution >= 4 is 17.4 Å². The minimum absolute atomic E-state index is 0.401. The van der Waals surface area contributed by atoms with Crippen molar-refractivity contribution in [3.63, 3.8) is 0 Å². The predicted octanol–water partition coefficient (Wildman–Crippen LogP) is 5.46. The minimum atomic E-state index is -4.40. The first-order valence-corrected chi connectivity index (χ1v) is 10.9. The van der Waals surface area contributed by atoms with Crippen molar-refractivity contribution in [3.05, 3.63) is 59.5 Å². The average molecular weight is 462 g/mol. The van der Waals surface area contributed by atoms with Crippen molar-refractivity contribution in [3.8, 4) is 22.5 Å². The predicted molar refractivity (Wildman–Crippen MR) is 120 cm³/mol. The number of hydrogen-bond acceptors (Lipinski definition) is 5. The number of halogens is 4. The van der Waals surface area contributed by atoms with Crippen LogP contribution in [0.3, 0.4) is 0 Å². The molecule has 1 aliphatic heterocycles. The molecule has 0 amide bonds. The molecule has 0 spiro atoms. The number of benzene rings is 1. The van der Waals surface area contributed by atoms with Gasteiger partial charge in [0.05, 0.1) is 22.5 Å². The zero-order valence-corrected chi connectivity index (χ0v) is 18.3. The van der Waals surface area contributed by atoms with E-state index in [9.17, 15) is 13.2 Å². The number of alkyl halides is 3. The fraction of sp³-hybridized carbons (Fsp3) is 0.348. The molecule has 3 aromatic rings. The summed E-state index contributed by atoms with van der Waals surface area (Å²) in [5, 5.41) is 3.88. The molecule has 1 fully saturated rings. The summed E-state index contributed by atoms with van der Waals surface area (Å²) in [5.41, 5.74) is 1.44. The molecule has 1 saturated heterocycles. The number of piperidine rings is 1. The van der Waals surface area contributed by atoms with Crippen LogP contribution in [0.5, 0.6) is 0 Å². The van der Waals surface area contributed by atoms with Gasteiger partial charge in [0.25, 0.3) is 0 Å². The zero-order chi connectivity index (χ0) is 22.7. The van der Waals surface area contributed by atoms with Crippen molar-refractivity contribution in [2.24, 2.45) is 0 Å². The standard InChI is InChI=1S/C23H23ClF3N5/c1-2-29-17-8-11-32(12-9-17)20-14-30-21(15-3-5-16(6-4-15)23(25,26)27)22(31-20)18-7-10-28-13-19(18)24/h3-7,10,13-14,17,29H,2,8-9,11-12H2,1H3. The molecule has 1 N–H and O–H groups in total. The third kappa shape index (κ3) is 4.86. The molecule has 32 heavy (non-hydrogen) atoms. The number of anilines is 1. The lowest BCUT2D eigenvalue weighted by Crippen LogP contribution is -2.42. The normalized spacial score (nSPS) is 15.2. The van der Waals surface area contributed by atoms with Crippen molar-refractivity contribution in [1.29, 1.82) is 0 Å². The lowest BCUT2D eigenvalue weighted by molar-refractivity contribution is -0.137. The summed E-state index contributed by atoms with van der Waals surface area (Å²) in [4.78, 5) is 15.7. The monoisotopic (exact) mass is 461 g/mol. The Morgan fingerprint density at radius 1 is 1.06 bits per heavy atom. The summed E-state index contributed by atoms with van der Waals surface area (Å²) in [6, 6.07) is 7.15. The highest BCUT2D eigenvalue weighted by atomic mass is 35.5. The van der Waals surface area contributed by atoms with Gasteiger partial charge in [0, 0.05) is 42.7 Å². The molecule has 0 aliphatic carbocycles. The van der Waals surface area contributed by atoms with Crippen LogP contribution < -0.4 is 10.2 Å². The van der Waals surface area contributed by atoms with E-state index in [-0.39, 0.29) is 0 Å². The first-order valence-electron chi connectivity index (χ1n) is 10.5. The van der Waals surface area contributed by atoms with E-state index in [2.05, 4.69) is 27.1 Å². The van der Waals surface area contributed by atoms with Crippen molar-refractivity contribution in [1.82, 2.24) is 20.3 Å². The summed E-state index contributed by atoms with van der Waals surface area (Å²) in [6.45, 7) is 4.73. The Morgan fingerprint density at radius 2 is 1.78 bits per heavy atom. The second-order valence-electron chi connectivity index (χ2n) is 7.68. The fourth-order valence-corrected chi connectivity index (χ4v) is 4.13. The van der Waals surface area contributed by atoms with E-state index in [1.807, 2.05) is 0 Å². The van der Waals surface area contributed by atoms with E-state index in [4.69, 9.17) is 16.6 Å². The molecule has 0 unspecified atom stereocenters. The maximum absolute atomic E-state index is 13.0. The maximum atomic E-state index is 13.0. The molecule has 9 heteroatoms. The number of nitrogens with one attached hydrogen (secondary N) is 1. The quantitative estimate of drug-likeness (QED) is 0.547. The van der Waals surface area contributed by atoms with Gasteiger partial charge in [-0.2, -0.15) is 13.2 Å². The lowest BCUT2D eigenvalue weighted by Gasteiger charge is -2.33. The number of aromatic nitrogens is 3. The highest BCUT2D eigenvalue weighted by Crippen LogP contribution is 2.36. The van der Waals surface area contributed by atoms with E-state index >= 15 is 0 Å². The average Bonchev–Trinajstić information content (AvgIpc) is 2.79. The van der Waals surface area contributed by atoms with Gasteiger partial charge in [-0.3, -0.25) is 9.97 Å². The molecule has 3 heterocycles. The topological polar surface area (TPSA) is 53.9 Å². The summed E-state index contributed by atoms with van der Waals surface area (Å²) in [5.74, 6) is 0.721. The van der Waals surface area contributed by atoms with E-state index in [1.54, 1.807) is 18.5 Å². The van der Waals surface area contributed by atoms with Crippen LogP contribution in [0.1, 0.15) is 25.3 Å². The lowest BCUT2D eigenvalue weighted by atomic mass is 10.0.